The fourth-order valence-electron chi connectivity index (χ4n) is 3.99. The first-order chi connectivity index (χ1) is 17.5. The van der Waals surface area contributed by atoms with Crippen LogP contribution < -0.4 is 19.1 Å². The number of hydrogen-bond acceptors (Lipinski definition) is 8. The van der Waals surface area contributed by atoms with Gasteiger partial charge in [0.1, 0.15) is 5.75 Å². The van der Waals surface area contributed by atoms with Crippen molar-refractivity contribution >= 4 is 15.8 Å². The van der Waals surface area contributed by atoms with Gasteiger partial charge in [0.05, 0.1) is 31.4 Å². The minimum absolute atomic E-state index is 0.276. The van der Waals surface area contributed by atoms with Gasteiger partial charge in [-0.3, -0.25) is 0 Å². The minimum Gasteiger partial charge on any atom is -0.494 e. The normalized spacial score (nSPS) is 14.5. The van der Waals surface area contributed by atoms with E-state index in [4.69, 9.17) is 14.2 Å². The number of rotatable bonds is 10. The van der Waals surface area contributed by atoms with Crippen LogP contribution in [0.25, 0.3) is 11.3 Å². The lowest BCUT2D eigenvalue weighted by Gasteiger charge is -2.34. The Bertz CT molecular complexity index is 1240. The Kier molecular flexibility index (Phi) is 8.27. The highest BCUT2D eigenvalue weighted by Gasteiger charge is 2.29. The number of sulfonamides is 1. The molecule has 1 fully saturated rings. The number of unbranched alkanes of at least 4 members (excludes halogenated alkanes) is 1. The first kappa shape index (κ1) is 25.7. The molecule has 0 spiro atoms. The van der Waals surface area contributed by atoms with Gasteiger partial charge in [-0.15, -0.1) is 10.2 Å². The van der Waals surface area contributed by atoms with E-state index in [1.165, 1.54) is 4.31 Å². The highest BCUT2D eigenvalue weighted by Crippen LogP contribution is 2.32. The van der Waals surface area contributed by atoms with Gasteiger partial charge in [-0.25, -0.2) is 8.42 Å². The summed E-state index contributed by atoms with van der Waals surface area (Å²) < 4.78 is 44.1. The predicted octanol–water partition coefficient (Wildman–Crippen LogP) is 3.85. The van der Waals surface area contributed by atoms with E-state index in [0.717, 1.165) is 18.4 Å². The van der Waals surface area contributed by atoms with Gasteiger partial charge in [0.2, 0.25) is 10.0 Å². The molecule has 1 aliphatic heterocycles. The molecule has 0 radical (unpaired) electrons. The van der Waals surface area contributed by atoms with Crippen molar-refractivity contribution in [1.29, 1.82) is 0 Å². The number of anilines is 1. The van der Waals surface area contributed by atoms with E-state index in [-0.39, 0.29) is 4.90 Å². The van der Waals surface area contributed by atoms with Gasteiger partial charge >= 0.3 is 0 Å². The summed E-state index contributed by atoms with van der Waals surface area (Å²) in [7, 11) is -0.386. The van der Waals surface area contributed by atoms with Crippen LogP contribution >= 0.6 is 0 Å². The molecular formula is C26H32N4O5S. The van der Waals surface area contributed by atoms with Crippen LogP contribution in [0.3, 0.4) is 0 Å². The van der Waals surface area contributed by atoms with Crippen LogP contribution in [0.4, 0.5) is 5.82 Å². The zero-order chi connectivity index (χ0) is 25.5. The Morgan fingerprint density at radius 3 is 2.19 bits per heavy atom. The molecule has 0 saturated carbocycles. The van der Waals surface area contributed by atoms with Crippen LogP contribution in [0.5, 0.6) is 17.2 Å². The van der Waals surface area contributed by atoms with Gasteiger partial charge in [-0.1, -0.05) is 13.3 Å². The van der Waals surface area contributed by atoms with E-state index in [0.29, 0.717) is 61.5 Å². The highest BCUT2D eigenvalue weighted by atomic mass is 32.2. The van der Waals surface area contributed by atoms with E-state index in [9.17, 15) is 8.42 Å². The lowest BCUT2D eigenvalue weighted by Crippen LogP contribution is -2.48. The molecule has 0 amide bonds. The Labute approximate surface area is 212 Å². The molecule has 0 atom stereocenters. The molecule has 1 aromatic heterocycles. The van der Waals surface area contributed by atoms with Gasteiger partial charge in [0.15, 0.2) is 17.3 Å². The Hall–Kier alpha value is -3.37. The minimum atomic E-state index is -3.57. The number of piperazine rings is 1. The Morgan fingerprint density at radius 2 is 1.58 bits per heavy atom. The molecule has 3 aromatic rings. The summed E-state index contributed by atoms with van der Waals surface area (Å²) in [5.74, 6) is 2.67. The van der Waals surface area contributed by atoms with E-state index < -0.39 is 10.0 Å². The molecule has 9 nitrogen and oxygen atoms in total. The SMILES string of the molecule is CCCCOc1ccc(S(=O)(=O)N2CCN(c3ccc(-c4ccc(OC)c(OC)c4)nn3)CC2)cc1. The molecule has 0 N–H and O–H groups in total. The third-order valence-corrected chi connectivity index (χ3v) is 8.03. The first-order valence-electron chi connectivity index (χ1n) is 12.0. The van der Waals surface area contributed by atoms with Crippen molar-refractivity contribution < 1.29 is 22.6 Å². The van der Waals surface area contributed by atoms with Gasteiger partial charge in [-0.2, -0.15) is 4.31 Å². The molecule has 0 aliphatic carbocycles. The number of methoxy groups -OCH3 is 2. The third kappa shape index (κ3) is 5.71. The van der Waals surface area contributed by atoms with Crippen molar-refractivity contribution in [1.82, 2.24) is 14.5 Å². The predicted molar refractivity (Wildman–Crippen MR) is 138 cm³/mol. The lowest BCUT2D eigenvalue weighted by molar-refractivity contribution is 0.309. The molecule has 1 saturated heterocycles. The molecule has 192 valence electrons. The van der Waals surface area contributed by atoms with Crippen molar-refractivity contribution in [2.45, 2.75) is 24.7 Å². The maximum Gasteiger partial charge on any atom is 0.243 e. The largest absolute Gasteiger partial charge is 0.494 e. The lowest BCUT2D eigenvalue weighted by atomic mass is 10.1. The number of aromatic nitrogens is 2. The zero-order valence-electron chi connectivity index (χ0n) is 20.9. The topological polar surface area (TPSA) is 94.1 Å². The van der Waals surface area contributed by atoms with E-state index in [2.05, 4.69) is 17.1 Å². The maximum absolute atomic E-state index is 13.1. The molecular weight excluding hydrogens is 480 g/mol. The number of benzene rings is 2. The average Bonchev–Trinajstić information content (AvgIpc) is 2.93. The third-order valence-electron chi connectivity index (χ3n) is 6.12. The van der Waals surface area contributed by atoms with Crippen molar-refractivity contribution in [3.8, 4) is 28.5 Å². The van der Waals surface area contributed by atoms with E-state index >= 15 is 0 Å². The Morgan fingerprint density at radius 1 is 0.861 bits per heavy atom. The van der Waals surface area contributed by atoms with Crippen molar-refractivity contribution in [3.63, 3.8) is 0 Å². The molecule has 4 rings (SSSR count). The number of nitrogens with zero attached hydrogens (tertiary/aromatic N) is 4. The summed E-state index contributed by atoms with van der Waals surface area (Å²) in [6.07, 6.45) is 2.01. The van der Waals surface area contributed by atoms with Gasteiger partial charge in [0.25, 0.3) is 0 Å². The van der Waals surface area contributed by atoms with Crippen molar-refractivity contribution in [3.05, 3.63) is 54.6 Å². The van der Waals surface area contributed by atoms with Gasteiger partial charge in [-0.05, 0) is 61.0 Å². The first-order valence-corrected chi connectivity index (χ1v) is 13.4. The summed E-state index contributed by atoms with van der Waals surface area (Å²) >= 11 is 0. The Balaban J connectivity index is 1.37. The van der Waals surface area contributed by atoms with Crippen LogP contribution in [0, 0.1) is 0 Å². The fraction of sp³-hybridized carbons (Fsp3) is 0.385. The van der Waals surface area contributed by atoms with E-state index in [1.807, 2.05) is 35.2 Å². The second-order valence-electron chi connectivity index (χ2n) is 8.41. The smallest absolute Gasteiger partial charge is 0.243 e. The molecule has 1 aliphatic rings. The average molecular weight is 513 g/mol. The monoisotopic (exact) mass is 512 g/mol. The van der Waals surface area contributed by atoms with Crippen LogP contribution in [-0.2, 0) is 10.0 Å². The van der Waals surface area contributed by atoms with Crippen LogP contribution in [0.2, 0.25) is 0 Å². The quantitative estimate of drug-likeness (QED) is 0.378. The molecule has 0 bridgehead atoms. The summed E-state index contributed by atoms with van der Waals surface area (Å²) in [5.41, 5.74) is 1.58. The standard InChI is InChI=1S/C26H32N4O5S/c1-4-5-18-35-21-7-9-22(10-8-21)36(31,32)30-16-14-29(15-17-30)26-13-11-23(27-28-26)20-6-12-24(33-2)25(19-20)34-3/h6-13,19H,4-5,14-18H2,1-3H3. The molecule has 0 unspecified atom stereocenters. The van der Waals surface area contributed by atoms with Crippen LogP contribution in [0.15, 0.2) is 59.5 Å². The number of hydrogen-bond donors (Lipinski definition) is 0. The maximum atomic E-state index is 13.1. The van der Waals surface area contributed by atoms with Gasteiger partial charge < -0.3 is 19.1 Å². The summed E-state index contributed by atoms with van der Waals surface area (Å²) in [6.45, 7) is 4.53. The summed E-state index contributed by atoms with van der Waals surface area (Å²) in [6, 6.07) is 16.0. The van der Waals surface area contributed by atoms with Crippen LogP contribution in [-0.4, -0.2) is 69.9 Å². The molecule has 36 heavy (non-hydrogen) atoms. The fourth-order valence-corrected chi connectivity index (χ4v) is 5.41. The van der Waals surface area contributed by atoms with Crippen molar-refractivity contribution in [2.75, 3.05) is 51.9 Å². The van der Waals surface area contributed by atoms with Gasteiger partial charge in [0, 0.05) is 31.7 Å². The highest BCUT2D eigenvalue weighted by molar-refractivity contribution is 7.89. The van der Waals surface area contributed by atoms with E-state index in [1.54, 1.807) is 38.5 Å². The summed E-state index contributed by atoms with van der Waals surface area (Å²) in [4.78, 5) is 2.32. The number of ether oxygens (including phenoxy) is 3. The molecule has 10 heteroatoms. The van der Waals surface area contributed by atoms with Crippen LogP contribution in [0.1, 0.15) is 19.8 Å². The molecule has 2 heterocycles. The zero-order valence-corrected chi connectivity index (χ0v) is 21.7. The van der Waals surface area contributed by atoms with Crippen molar-refractivity contribution in [2.24, 2.45) is 0 Å². The second kappa shape index (κ2) is 11.6. The second-order valence-corrected chi connectivity index (χ2v) is 10.3. The summed E-state index contributed by atoms with van der Waals surface area (Å²) in [5, 5.41) is 8.76. The molecule has 2 aromatic carbocycles.